The topological polar surface area (TPSA) is 90.8 Å². The summed E-state index contributed by atoms with van der Waals surface area (Å²) in [4.78, 5) is 25.0. The average molecular weight is 458 g/mol. The van der Waals surface area contributed by atoms with Crippen LogP contribution in [0.1, 0.15) is 33.2 Å². The van der Waals surface area contributed by atoms with Crippen LogP contribution in [0.15, 0.2) is 90.0 Å². The van der Waals surface area contributed by atoms with Crippen molar-refractivity contribution < 1.29 is 14.7 Å². The van der Waals surface area contributed by atoms with Crippen LogP contribution in [-0.2, 0) is 0 Å². The number of phenols is 1. The van der Waals surface area contributed by atoms with Gasteiger partial charge < -0.3 is 10.4 Å². The van der Waals surface area contributed by atoms with Crippen molar-refractivity contribution in [2.45, 2.75) is 6.92 Å². The maximum absolute atomic E-state index is 12.6. The van der Waals surface area contributed by atoms with Gasteiger partial charge in [-0.1, -0.05) is 48.0 Å². The van der Waals surface area contributed by atoms with E-state index in [-0.39, 0.29) is 17.2 Å². The third-order valence-electron chi connectivity index (χ3n) is 5.08. The van der Waals surface area contributed by atoms with Crippen molar-refractivity contribution in [3.8, 4) is 5.75 Å². The summed E-state index contributed by atoms with van der Waals surface area (Å²) in [5.41, 5.74) is 4.93. The number of hydrogen-bond acceptors (Lipinski definition) is 4. The first-order valence-electron chi connectivity index (χ1n) is 10.1. The molecule has 0 aromatic heterocycles. The molecule has 4 aromatic carbocycles. The predicted octanol–water partition coefficient (Wildman–Crippen LogP) is 5.61. The van der Waals surface area contributed by atoms with Gasteiger partial charge in [-0.15, -0.1) is 0 Å². The summed E-state index contributed by atoms with van der Waals surface area (Å²) in [7, 11) is 0. The number of hydrazone groups is 1. The number of amides is 2. The number of carbonyl (C=O) groups is 2. The van der Waals surface area contributed by atoms with Crippen LogP contribution < -0.4 is 10.7 Å². The Balaban J connectivity index is 1.48. The fraction of sp³-hybridized carbons (Fsp3) is 0.0385. The minimum Gasteiger partial charge on any atom is -0.507 e. The number of phenolic OH excluding ortho intramolecular Hbond substituents is 1. The Morgan fingerprint density at radius 2 is 1.52 bits per heavy atom. The summed E-state index contributed by atoms with van der Waals surface area (Å²) in [6, 6.07) is 24.3. The molecule has 0 aliphatic rings. The molecule has 0 aliphatic carbocycles. The van der Waals surface area contributed by atoms with Crippen molar-refractivity contribution >= 4 is 45.6 Å². The molecule has 0 spiro atoms. The molecule has 2 amide bonds. The molecule has 0 radical (unpaired) electrons. The maximum Gasteiger partial charge on any atom is 0.275 e. The highest BCUT2D eigenvalue weighted by Crippen LogP contribution is 2.25. The molecule has 0 atom stereocenters. The van der Waals surface area contributed by atoms with Crippen molar-refractivity contribution in [2.24, 2.45) is 5.10 Å². The predicted molar refractivity (Wildman–Crippen MR) is 131 cm³/mol. The standard InChI is InChI=1S/C26H20ClN3O3/c1-16(29-30-26(33)23-14-19-5-2-3-6-20(19)15-24(23)31)18-7-4-8-22(13-18)28-25(32)17-9-11-21(27)12-10-17/h2-15,31H,1H3,(H,28,32)(H,30,33). The van der Waals surface area contributed by atoms with Gasteiger partial charge in [0.15, 0.2) is 0 Å². The molecule has 33 heavy (non-hydrogen) atoms. The lowest BCUT2D eigenvalue weighted by Crippen LogP contribution is -2.19. The molecule has 6 nitrogen and oxygen atoms in total. The second-order valence-electron chi connectivity index (χ2n) is 7.40. The minimum atomic E-state index is -0.523. The van der Waals surface area contributed by atoms with Crippen LogP contribution in [0, 0.1) is 0 Å². The SMILES string of the molecule is CC(=NNC(=O)c1cc2ccccc2cc1O)c1cccc(NC(=O)c2ccc(Cl)cc2)c1. The first kappa shape index (κ1) is 22.0. The molecule has 4 rings (SSSR count). The number of halogens is 1. The molecule has 4 aromatic rings. The molecule has 0 fully saturated rings. The second-order valence-corrected chi connectivity index (χ2v) is 7.83. The average Bonchev–Trinajstić information content (AvgIpc) is 2.82. The third kappa shape index (κ3) is 5.19. The molecule has 7 heteroatoms. The van der Waals surface area contributed by atoms with Gasteiger partial charge in [-0.2, -0.15) is 5.10 Å². The quantitative estimate of drug-likeness (QED) is 0.269. The van der Waals surface area contributed by atoms with Crippen LogP contribution in [-0.4, -0.2) is 22.6 Å². The van der Waals surface area contributed by atoms with E-state index in [1.807, 2.05) is 30.3 Å². The van der Waals surface area contributed by atoms with Crippen LogP contribution in [0.2, 0.25) is 5.02 Å². The van der Waals surface area contributed by atoms with Gasteiger partial charge in [-0.05, 0) is 71.8 Å². The number of anilines is 1. The number of nitrogens with zero attached hydrogens (tertiary/aromatic N) is 1. The van der Waals surface area contributed by atoms with E-state index in [9.17, 15) is 14.7 Å². The lowest BCUT2D eigenvalue weighted by Gasteiger charge is -2.09. The molecule has 0 saturated heterocycles. The summed E-state index contributed by atoms with van der Waals surface area (Å²) < 4.78 is 0. The van der Waals surface area contributed by atoms with E-state index in [1.165, 1.54) is 0 Å². The molecule has 0 bridgehead atoms. The Morgan fingerprint density at radius 3 is 2.24 bits per heavy atom. The maximum atomic E-state index is 12.6. The van der Waals surface area contributed by atoms with Crippen LogP contribution >= 0.6 is 11.6 Å². The Hall–Kier alpha value is -4.16. The Kier molecular flexibility index (Phi) is 6.38. The van der Waals surface area contributed by atoms with E-state index in [4.69, 9.17) is 11.6 Å². The summed E-state index contributed by atoms with van der Waals surface area (Å²) in [5.74, 6) is -0.908. The van der Waals surface area contributed by atoms with Gasteiger partial charge in [-0.25, -0.2) is 5.43 Å². The highest BCUT2D eigenvalue weighted by atomic mass is 35.5. The number of aromatic hydroxyl groups is 1. The third-order valence-corrected chi connectivity index (χ3v) is 5.33. The zero-order valence-electron chi connectivity index (χ0n) is 17.7. The largest absolute Gasteiger partial charge is 0.507 e. The minimum absolute atomic E-state index is 0.119. The normalized spacial score (nSPS) is 11.3. The molecule has 164 valence electrons. The summed E-state index contributed by atoms with van der Waals surface area (Å²) in [6.07, 6.45) is 0. The fourth-order valence-electron chi connectivity index (χ4n) is 3.30. The zero-order chi connectivity index (χ0) is 23.4. The van der Waals surface area contributed by atoms with Gasteiger partial charge in [0, 0.05) is 16.3 Å². The van der Waals surface area contributed by atoms with E-state index < -0.39 is 5.91 Å². The second kappa shape index (κ2) is 9.54. The molecule has 3 N–H and O–H groups in total. The summed E-state index contributed by atoms with van der Waals surface area (Å²) >= 11 is 5.87. The molecule has 0 saturated carbocycles. The number of hydrogen-bond donors (Lipinski definition) is 3. The van der Waals surface area contributed by atoms with Gasteiger partial charge in [0.1, 0.15) is 5.75 Å². The van der Waals surface area contributed by atoms with Crippen molar-refractivity contribution in [1.29, 1.82) is 0 Å². The van der Waals surface area contributed by atoms with E-state index in [2.05, 4.69) is 15.8 Å². The number of nitrogens with one attached hydrogen (secondary N) is 2. The van der Waals surface area contributed by atoms with Crippen LogP contribution in [0.3, 0.4) is 0 Å². The first-order chi connectivity index (χ1) is 15.9. The van der Waals surface area contributed by atoms with Crippen molar-refractivity contribution in [2.75, 3.05) is 5.32 Å². The number of rotatable bonds is 5. The summed E-state index contributed by atoms with van der Waals surface area (Å²) in [6.45, 7) is 1.74. The summed E-state index contributed by atoms with van der Waals surface area (Å²) in [5, 5.41) is 19.5. The van der Waals surface area contributed by atoms with Crippen molar-refractivity contribution in [3.05, 3.63) is 107 Å². The smallest absolute Gasteiger partial charge is 0.275 e. The fourth-order valence-corrected chi connectivity index (χ4v) is 3.42. The monoisotopic (exact) mass is 457 g/mol. The van der Waals surface area contributed by atoms with E-state index in [1.54, 1.807) is 61.5 Å². The number of carbonyl (C=O) groups excluding carboxylic acids is 2. The first-order valence-corrected chi connectivity index (χ1v) is 10.5. The highest BCUT2D eigenvalue weighted by molar-refractivity contribution is 6.30. The van der Waals surface area contributed by atoms with Gasteiger partial charge in [0.2, 0.25) is 0 Å². The molecule has 0 aliphatic heterocycles. The van der Waals surface area contributed by atoms with Crippen LogP contribution in [0.25, 0.3) is 10.8 Å². The van der Waals surface area contributed by atoms with E-state index in [0.717, 1.165) is 10.8 Å². The Bertz CT molecular complexity index is 1380. The lowest BCUT2D eigenvalue weighted by molar-refractivity contribution is 0.0951. The number of benzene rings is 4. The molecular weight excluding hydrogens is 438 g/mol. The van der Waals surface area contributed by atoms with Crippen LogP contribution in [0.4, 0.5) is 5.69 Å². The molecular formula is C26H20ClN3O3. The van der Waals surface area contributed by atoms with E-state index in [0.29, 0.717) is 27.5 Å². The van der Waals surface area contributed by atoms with E-state index >= 15 is 0 Å². The van der Waals surface area contributed by atoms with Crippen LogP contribution in [0.5, 0.6) is 5.75 Å². The van der Waals surface area contributed by atoms with Gasteiger partial charge >= 0.3 is 0 Å². The van der Waals surface area contributed by atoms with Crippen molar-refractivity contribution in [1.82, 2.24) is 5.43 Å². The Labute approximate surface area is 195 Å². The van der Waals surface area contributed by atoms with Gasteiger partial charge in [0.25, 0.3) is 11.8 Å². The Morgan fingerprint density at radius 1 is 0.818 bits per heavy atom. The van der Waals surface area contributed by atoms with Crippen molar-refractivity contribution in [3.63, 3.8) is 0 Å². The zero-order valence-corrected chi connectivity index (χ0v) is 18.4. The van der Waals surface area contributed by atoms with Gasteiger partial charge in [-0.3, -0.25) is 9.59 Å². The lowest BCUT2D eigenvalue weighted by atomic mass is 10.1. The molecule has 0 unspecified atom stereocenters. The highest BCUT2D eigenvalue weighted by Gasteiger charge is 2.12. The number of fused-ring (bicyclic) bond motifs is 1. The molecule has 0 heterocycles. The van der Waals surface area contributed by atoms with Gasteiger partial charge in [0.05, 0.1) is 11.3 Å².